The summed E-state index contributed by atoms with van der Waals surface area (Å²) in [7, 11) is 0. The molecule has 2 heterocycles. The third-order valence-corrected chi connectivity index (χ3v) is 2.97. The van der Waals surface area contributed by atoms with Gasteiger partial charge >= 0.3 is 0 Å². The fraction of sp³-hybridized carbons (Fsp3) is 0.364. The number of H-pyrrole nitrogens is 1. The zero-order valence-corrected chi connectivity index (χ0v) is 9.88. The molecule has 1 fully saturated rings. The molecule has 0 aliphatic carbocycles. The van der Waals surface area contributed by atoms with Crippen molar-refractivity contribution in [2.75, 3.05) is 11.4 Å². The molecule has 0 bridgehead atoms. The number of anilines is 1. The molecule has 3 N–H and O–H groups in total. The normalized spacial score (nSPS) is 18.1. The number of carbonyl (C=O) groups excluding carboxylic acids is 2. The molecular weight excluding hydrogens is 248 g/mol. The number of nitrogens with zero attached hydrogens (tertiary/aromatic N) is 4. The Kier molecular flexibility index (Phi) is 3.17. The van der Waals surface area contributed by atoms with Crippen LogP contribution in [0.3, 0.4) is 0 Å². The summed E-state index contributed by atoms with van der Waals surface area (Å²) >= 11 is 0. The molecule has 1 atom stereocenters. The van der Waals surface area contributed by atoms with E-state index in [1.807, 2.05) is 12.1 Å². The summed E-state index contributed by atoms with van der Waals surface area (Å²) in [6.07, 6.45) is 0.0117. The van der Waals surface area contributed by atoms with Crippen molar-refractivity contribution in [3.63, 3.8) is 0 Å². The number of hydrogen-bond acceptors (Lipinski definition) is 5. The molecule has 1 aromatic rings. The minimum atomic E-state index is -0.574. The van der Waals surface area contributed by atoms with Gasteiger partial charge in [-0.2, -0.15) is 15.6 Å². The summed E-state index contributed by atoms with van der Waals surface area (Å²) in [5.74, 6) is -1.28. The number of nitriles is 2. The van der Waals surface area contributed by atoms with E-state index in [9.17, 15) is 9.59 Å². The van der Waals surface area contributed by atoms with Gasteiger partial charge in [-0.25, -0.2) is 0 Å². The molecule has 0 saturated carbocycles. The number of nitrogens with two attached hydrogens (primary N) is 1. The van der Waals surface area contributed by atoms with E-state index in [1.165, 1.54) is 4.90 Å². The van der Waals surface area contributed by atoms with Gasteiger partial charge in [0.1, 0.15) is 11.6 Å². The molecule has 8 nitrogen and oxygen atoms in total. The van der Waals surface area contributed by atoms with Crippen molar-refractivity contribution in [2.24, 2.45) is 11.7 Å². The van der Waals surface area contributed by atoms with Crippen LogP contribution in [0.25, 0.3) is 0 Å². The minimum Gasteiger partial charge on any atom is -0.369 e. The van der Waals surface area contributed by atoms with Crippen LogP contribution in [-0.4, -0.2) is 28.6 Å². The first-order valence-corrected chi connectivity index (χ1v) is 5.52. The molecule has 1 aliphatic rings. The number of carbonyl (C=O) groups is 2. The second-order valence-electron chi connectivity index (χ2n) is 4.16. The predicted octanol–water partition coefficient (Wildman–Crippen LogP) is -0.814. The second kappa shape index (κ2) is 4.78. The van der Waals surface area contributed by atoms with Gasteiger partial charge in [-0.15, -0.1) is 0 Å². The van der Waals surface area contributed by atoms with Crippen molar-refractivity contribution in [3.8, 4) is 12.1 Å². The SMILES string of the molecule is N#CCc1[nH]nc(N2CC(C(N)=O)CC2=O)c1C#N. The first kappa shape index (κ1) is 12.6. The van der Waals surface area contributed by atoms with E-state index in [0.29, 0.717) is 5.69 Å². The number of amides is 2. The van der Waals surface area contributed by atoms with E-state index >= 15 is 0 Å². The Morgan fingerprint density at radius 1 is 1.58 bits per heavy atom. The van der Waals surface area contributed by atoms with Gasteiger partial charge in [0.05, 0.1) is 24.1 Å². The smallest absolute Gasteiger partial charge is 0.229 e. The summed E-state index contributed by atoms with van der Waals surface area (Å²) in [4.78, 5) is 24.2. The van der Waals surface area contributed by atoms with Crippen molar-refractivity contribution in [2.45, 2.75) is 12.8 Å². The molecule has 8 heteroatoms. The van der Waals surface area contributed by atoms with Gasteiger partial charge in [-0.3, -0.25) is 19.6 Å². The van der Waals surface area contributed by atoms with E-state index in [-0.39, 0.29) is 36.7 Å². The fourth-order valence-corrected chi connectivity index (χ4v) is 1.99. The van der Waals surface area contributed by atoms with Crippen molar-refractivity contribution in [1.82, 2.24) is 10.2 Å². The molecule has 0 aromatic carbocycles. The zero-order chi connectivity index (χ0) is 14.0. The minimum absolute atomic E-state index is 0.00281. The Morgan fingerprint density at radius 3 is 2.84 bits per heavy atom. The topological polar surface area (TPSA) is 140 Å². The summed E-state index contributed by atoms with van der Waals surface area (Å²) < 4.78 is 0. The number of nitrogens with one attached hydrogen (secondary N) is 1. The predicted molar refractivity (Wildman–Crippen MR) is 62.3 cm³/mol. The van der Waals surface area contributed by atoms with Crippen LogP contribution in [-0.2, 0) is 16.0 Å². The lowest BCUT2D eigenvalue weighted by molar-refractivity contribution is -0.123. The summed E-state index contributed by atoms with van der Waals surface area (Å²) in [5.41, 5.74) is 5.68. The molecule has 0 spiro atoms. The lowest BCUT2D eigenvalue weighted by Gasteiger charge is -2.12. The Hall–Kier alpha value is -2.87. The Balaban J connectivity index is 2.34. The van der Waals surface area contributed by atoms with Gasteiger partial charge in [0, 0.05) is 13.0 Å². The lowest BCUT2D eigenvalue weighted by atomic mass is 10.1. The molecular formula is C11H10N6O2. The van der Waals surface area contributed by atoms with Crippen molar-refractivity contribution >= 4 is 17.6 Å². The summed E-state index contributed by atoms with van der Waals surface area (Å²) in [6, 6.07) is 3.82. The molecule has 1 saturated heterocycles. The summed E-state index contributed by atoms with van der Waals surface area (Å²) in [6.45, 7) is 0.111. The zero-order valence-electron chi connectivity index (χ0n) is 9.88. The number of primary amides is 1. The number of aromatic nitrogens is 2. The standard InChI is InChI=1S/C11H10N6O2/c12-2-1-8-7(4-13)11(16-15-8)17-5-6(10(14)19)3-9(17)18/h6H,1,3,5H2,(H2,14,19)(H,15,16). The Morgan fingerprint density at radius 2 is 2.32 bits per heavy atom. The molecule has 1 aromatic heterocycles. The number of rotatable bonds is 3. The highest BCUT2D eigenvalue weighted by Crippen LogP contribution is 2.27. The molecule has 2 rings (SSSR count). The number of aromatic amines is 1. The monoisotopic (exact) mass is 258 g/mol. The Bertz CT molecular complexity index is 620. The quantitative estimate of drug-likeness (QED) is 0.729. The molecule has 96 valence electrons. The van der Waals surface area contributed by atoms with E-state index in [2.05, 4.69) is 10.2 Å². The molecule has 1 unspecified atom stereocenters. The average Bonchev–Trinajstić information content (AvgIpc) is 2.93. The highest BCUT2D eigenvalue weighted by Gasteiger charge is 2.36. The highest BCUT2D eigenvalue weighted by molar-refractivity contribution is 6.00. The van der Waals surface area contributed by atoms with Crippen LogP contribution in [0.2, 0.25) is 0 Å². The van der Waals surface area contributed by atoms with E-state index in [1.54, 1.807) is 0 Å². The van der Waals surface area contributed by atoms with Gasteiger partial charge in [0.15, 0.2) is 5.82 Å². The maximum absolute atomic E-state index is 11.8. The van der Waals surface area contributed by atoms with Crippen LogP contribution in [0.5, 0.6) is 0 Å². The van der Waals surface area contributed by atoms with Gasteiger partial charge in [-0.1, -0.05) is 0 Å². The van der Waals surface area contributed by atoms with Crippen molar-refractivity contribution < 1.29 is 9.59 Å². The number of hydrogen-bond donors (Lipinski definition) is 2. The highest BCUT2D eigenvalue weighted by atomic mass is 16.2. The summed E-state index contributed by atoms with van der Waals surface area (Å²) in [5, 5.41) is 24.2. The molecule has 2 amide bonds. The molecule has 19 heavy (non-hydrogen) atoms. The average molecular weight is 258 g/mol. The lowest BCUT2D eigenvalue weighted by Crippen LogP contribution is -2.29. The van der Waals surface area contributed by atoms with Gasteiger partial charge in [-0.05, 0) is 0 Å². The van der Waals surface area contributed by atoms with Crippen LogP contribution < -0.4 is 10.6 Å². The van der Waals surface area contributed by atoms with Crippen LogP contribution in [0.4, 0.5) is 5.82 Å². The van der Waals surface area contributed by atoms with E-state index < -0.39 is 11.8 Å². The first-order chi connectivity index (χ1) is 9.08. The Labute approximate surface area is 108 Å². The van der Waals surface area contributed by atoms with Gasteiger partial charge in [0.2, 0.25) is 11.8 Å². The molecule has 1 aliphatic heterocycles. The fourth-order valence-electron chi connectivity index (χ4n) is 1.99. The van der Waals surface area contributed by atoms with Crippen LogP contribution >= 0.6 is 0 Å². The maximum atomic E-state index is 11.8. The van der Waals surface area contributed by atoms with Gasteiger partial charge in [0.25, 0.3) is 0 Å². The largest absolute Gasteiger partial charge is 0.369 e. The maximum Gasteiger partial charge on any atom is 0.229 e. The second-order valence-corrected chi connectivity index (χ2v) is 4.16. The van der Waals surface area contributed by atoms with Gasteiger partial charge < -0.3 is 5.73 Å². The third-order valence-electron chi connectivity index (χ3n) is 2.97. The van der Waals surface area contributed by atoms with Crippen LogP contribution in [0.1, 0.15) is 17.7 Å². The van der Waals surface area contributed by atoms with E-state index in [0.717, 1.165) is 0 Å². The van der Waals surface area contributed by atoms with Crippen molar-refractivity contribution in [1.29, 1.82) is 10.5 Å². The van der Waals surface area contributed by atoms with E-state index in [4.69, 9.17) is 16.3 Å². The molecule has 0 radical (unpaired) electrons. The third kappa shape index (κ3) is 2.11. The van der Waals surface area contributed by atoms with Crippen LogP contribution in [0, 0.1) is 28.6 Å². The van der Waals surface area contributed by atoms with Crippen molar-refractivity contribution in [3.05, 3.63) is 11.3 Å². The van der Waals surface area contributed by atoms with Crippen LogP contribution in [0.15, 0.2) is 0 Å². The first-order valence-electron chi connectivity index (χ1n) is 5.52.